The molecule has 0 spiro atoms. The van der Waals surface area contributed by atoms with E-state index in [0.717, 1.165) is 0 Å². The summed E-state index contributed by atoms with van der Waals surface area (Å²) in [5.74, 6) is -0.443. The van der Waals surface area contributed by atoms with Crippen LogP contribution in [0.25, 0.3) is 0 Å². The average Bonchev–Trinajstić information content (AvgIpc) is 2.48. The average molecular weight is 313 g/mol. The van der Waals surface area contributed by atoms with Crippen LogP contribution in [0.1, 0.15) is 12.0 Å². The third-order valence-electron chi connectivity index (χ3n) is 2.38. The van der Waals surface area contributed by atoms with Crippen LogP contribution >= 0.6 is 22.3 Å². The summed E-state index contributed by atoms with van der Waals surface area (Å²) in [4.78, 5) is 0. The lowest BCUT2D eigenvalue weighted by atomic mass is 10.2. The minimum atomic E-state index is -3.84. The Morgan fingerprint density at radius 3 is 2.67 bits per heavy atom. The van der Waals surface area contributed by atoms with E-state index < -0.39 is 14.8 Å². The predicted octanol–water partition coefficient (Wildman–Crippen LogP) is 2.28. The molecule has 8 heteroatoms. The fraction of sp³-hybridized carbons (Fsp3) is 0.400. The van der Waals surface area contributed by atoms with Crippen LogP contribution < -0.4 is 9.47 Å². The zero-order valence-corrected chi connectivity index (χ0v) is 11.5. The van der Waals surface area contributed by atoms with Crippen molar-refractivity contribution in [1.82, 2.24) is 0 Å². The number of phenols is 1. The lowest BCUT2D eigenvalue weighted by Gasteiger charge is -2.14. The van der Waals surface area contributed by atoms with Gasteiger partial charge < -0.3 is 14.6 Å². The van der Waals surface area contributed by atoms with E-state index in [1.165, 1.54) is 6.07 Å². The van der Waals surface area contributed by atoms with Crippen molar-refractivity contribution in [3.05, 3.63) is 16.7 Å². The van der Waals surface area contributed by atoms with Gasteiger partial charge >= 0.3 is 0 Å². The number of aromatic hydroxyl groups is 1. The maximum absolute atomic E-state index is 11.2. The van der Waals surface area contributed by atoms with Gasteiger partial charge in [0.2, 0.25) is 9.05 Å². The quantitative estimate of drug-likeness (QED) is 0.848. The molecule has 1 aliphatic heterocycles. The number of benzene rings is 1. The van der Waals surface area contributed by atoms with Gasteiger partial charge in [0.05, 0.1) is 29.6 Å². The van der Waals surface area contributed by atoms with Gasteiger partial charge in [-0.15, -0.1) is 0 Å². The largest absolute Gasteiger partial charge is 0.506 e. The molecule has 18 heavy (non-hydrogen) atoms. The minimum Gasteiger partial charge on any atom is -0.506 e. The Kier molecular flexibility index (Phi) is 3.79. The second kappa shape index (κ2) is 5.03. The predicted molar refractivity (Wildman–Crippen MR) is 67.2 cm³/mol. The Bertz CT molecular complexity index is 570. The summed E-state index contributed by atoms with van der Waals surface area (Å²) in [6, 6.07) is 1.39. The smallest absolute Gasteiger partial charge is 0.237 e. The summed E-state index contributed by atoms with van der Waals surface area (Å²) in [5, 5.41) is 9.81. The molecule has 100 valence electrons. The third-order valence-corrected chi connectivity index (χ3v) is 3.63. The number of rotatable bonds is 2. The zero-order valence-electron chi connectivity index (χ0n) is 9.15. The van der Waals surface area contributed by atoms with Gasteiger partial charge in [0, 0.05) is 23.2 Å². The first-order valence-electron chi connectivity index (χ1n) is 5.11. The van der Waals surface area contributed by atoms with Crippen molar-refractivity contribution >= 4 is 31.3 Å². The van der Waals surface area contributed by atoms with Crippen molar-refractivity contribution in [3.63, 3.8) is 0 Å². The van der Waals surface area contributed by atoms with E-state index in [1.807, 2.05) is 0 Å². The number of ether oxygens (including phenoxy) is 2. The van der Waals surface area contributed by atoms with Crippen LogP contribution in [0.3, 0.4) is 0 Å². The number of hydrogen-bond donors (Lipinski definition) is 1. The van der Waals surface area contributed by atoms with Crippen LogP contribution in [0, 0.1) is 0 Å². The van der Waals surface area contributed by atoms with E-state index in [-0.39, 0.29) is 22.1 Å². The van der Waals surface area contributed by atoms with Gasteiger partial charge in [-0.25, -0.2) is 8.42 Å². The van der Waals surface area contributed by atoms with Crippen molar-refractivity contribution in [2.75, 3.05) is 13.2 Å². The molecule has 1 N–H and O–H groups in total. The molecule has 1 aromatic rings. The Labute approximate surface area is 114 Å². The van der Waals surface area contributed by atoms with Crippen LogP contribution in [0.2, 0.25) is 5.02 Å². The normalized spacial score (nSPS) is 15.2. The van der Waals surface area contributed by atoms with Crippen LogP contribution in [-0.4, -0.2) is 26.7 Å². The number of phenolic OH excluding ortho intramolecular Hbond substituents is 1. The van der Waals surface area contributed by atoms with Gasteiger partial charge in [-0.2, -0.15) is 0 Å². The standard InChI is InChI=1S/C10H10Cl2O5S/c11-7-4-8-10(17-3-1-2-16-8)6(9(7)13)5-18(12,14)15/h4,13H,1-3,5H2. The molecule has 0 atom stereocenters. The molecule has 0 bridgehead atoms. The Morgan fingerprint density at radius 2 is 2.00 bits per heavy atom. The SMILES string of the molecule is O=S(=O)(Cl)Cc1c(O)c(Cl)cc2c1OCCCO2. The van der Waals surface area contributed by atoms with E-state index in [4.69, 9.17) is 31.8 Å². The Morgan fingerprint density at radius 1 is 1.33 bits per heavy atom. The first-order valence-corrected chi connectivity index (χ1v) is 7.96. The molecule has 2 rings (SSSR count). The number of fused-ring (bicyclic) bond motifs is 1. The van der Waals surface area contributed by atoms with Crippen molar-refractivity contribution < 1.29 is 23.0 Å². The molecule has 1 heterocycles. The van der Waals surface area contributed by atoms with Crippen LogP contribution in [0.5, 0.6) is 17.2 Å². The van der Waals surface area contributed by atoms with Crippen LogP contribution in [0.4, 0.5) is 0 Å². The lowest BCUT2D eigenvalue weighted by molar-refractivity contribution is 0.296. The summed E-state index contributed by atoms with van der Waals surface area (Å²) < 4.78 is 33.1. The Balaban J connectivity index is 2.58. The highest BCUT2D eigenvalue weighted by atomic mass is 35.7. The molecule has 0 unspecified atom stereocenters. The van der Waals surface area contributed by atoms with Crippen LogP contribution in [0.15, 0.2) is 6.07 Å². The molecule has 0 amide bonds. The summed E-state index contributed by atoms with van der Waals surface area (Å²) in [6.45, 7) is 0.796. The molecule has 0 radical (unpaired) electrons. The monoisotopic (exact) mass is 312 g/mol. The highest BCUT2D eigenvalue weighted by Gasteiger charge is 2.24. The van der Waals surface area contributed by atoms with Gasteiger partial charge in [0.1, 0.15) is 5.75 Å². The zero-order chi connectivity index (χ0) is 13.3. The van der Waals surface area contributed by atoms with E-state index in [0.29, 0.717) is 25.4 Å². The van der Waals surface area contributed by atoms with Gasteiger partial charge in [-0.1, -0.05) is 11.6 Å². The maximum atomic E-state index is 11.2. The van der Waals surface area contributed by atoms with Crippen LogP contribution in [-0.2, 0) is 14.8 Å². The van der Waals surface area contributed by atoms with Crippen molar-refractivity contribution in [3.8, 4) is 17.2 Å². The van der Waals surface area contributed by atoms with Crippen molar-refractivity contribution in [2.45, 2.75) is 12.2 Å². The summed E-state index contributed by atoms with van der Waals surface area (Å²) in [6.07, 6.45) is 0.653. The molecule has 0 fully saturated rings. The van der Waals surface area contributed by atoms with Gasteiger partial charge in [0.15, 0.2) is 11.5 Å². The number of hydrogen-bond acceptors (Lipinski definition) is 5. The van der Waals surface area contributed by atoms with Gasteiger partial charge in [-0.3, -0.25) is 0 Å². The lowest BCUT2D eigenvalue weighted by Crippen LogP contribution is -2.02. The molecule has 0 saturated heterocycles. The molecule has 0 aliphatic carbocycles. The molecular weight excluding hydrogens is 303 g/mol. The molecule has 1 aromatic carbocycles. The molecule has 0 saturated carbocycles. The third kappa shape index (κ3) is 2.93. The van der Waals surface area contributed by atoms with E-state index in [1.54, 1.807) is 0 Å². The van der Waals surface area contributed by atoms with Gasteiger partial charge in [-0.05, 0) is 0 Å². The second-order valence-corrected chi connectivity index (χ2v) is 6.93. The maximum Gasteiger partial charge on any atom is 0.237 e. The fourth-order valence-corrected chi connectivity index (χ4v) is 2.79. The molecule has 0 aromatic heterocycles. The van der Waals surface area contributed by atoms with E-state index in [2.05, 4.69) is 0 Å². The topological polar surface area (TPSA) is 72.8 Å². The molecule has 1 aliphatic rings. The highest BCUT2D eigenvalue weighted by Crippen LogP contribution is 2.44. The fourth-order valence-electron chi connectivity index (χ4n) is 1.64. The first kappa shape index (κ1) is 13.6. The van der Waals surface area contributed by atoms with Crippen molar-refractivity contribution in [1.29, 1.82) is 0 Å². The molecule has 5 nitrogen and oxygen atoms in total. The number of halogens is 2. The summed E-state index contributed by atoms with van der Waals surface area (Å²) in [5.41, 5.74) is 0.0226. The summed E-state index contributed by atoms with van der Waals surface area (Å²) >= 11 is 5.81. The van der Waals surface area contributed by atoms with Gasteiger partial charge in [0.25, 0.3) is 0 Å². The minimum absolute atomic E-state index is 0.00503. The highest BCUT2D eigenvalue weighted by molar-refractivity contribution is 8.13. The van der Waals surface area contributed by atoms with E-state index >= 15 is 0 Å². The van der Waals surface area contributed by atoms with Crippen molar-refractivity contribution in [2.24, 2.45) is 0 Å². The first-order chi connectivity index (χ1) is 8.38. The second-order valence-electron chi connectivity index (χ2n) is 3.75. The molecular formula is C10H10Cl2O5S. The summed E-state index contributed by atoms with van der Waals surface area (Å²) in [7, 11) is 1.35. The van der Waals surface area contributed by atoms with E-state index in [9.17, 15) is 13.5 Å². The Hall–Kier alpha value is -0.850.